The molecule has 1 saturated heterocycles. The minimum atomic E-state index is -5.08. The number of hydrogen-bond acceptors (Lipinski definition) is 6. The number of aryl methyl sites for hydroxylation is 1. The molecule has 34 heavy (non-hydrogen) atoms. The first kappa shape index (κ1) is 26.5. The molecule has 3 heterocycles. The van der Waals surface area contributed by atoms with Crippen molar-refractivity contribution < 1.29 is 37.1 Å². The molecule has 0 aromatic carbocycles. The van der Waals surface area contributed by atoms with Gasteiger partial charge in [0.15, 0.2) is 0 Å². The zero-order chi connectivity index (χ0) is 25.1. The van der Waals surface area contributed by atoms with E-state index in [1.807, 2.05) is 19.1 Å². The van der Waals surface area contributed by atoms with Crippen LogP contribution in [-0.4, -0.2) is 53.8 Å². The lowest BCUT2D eigenvalue weighted by Gasteiger charge is -2.18. The standard InChI is InChI=1S/C19H25N5O3.C2HF3O2/c1-14-9-15(10-17(23-14)24-6-2-3-7-24)11-20-18(25)13-22-19(26)21-12-16-5-4-8-27-16;3-2(4,5)1(6)7/h4-5,8-10H,2-3,6-7,11-13H2,1H3,(H,20,25)(H2,21,22,26);(H,6,7). The van der Waals surface area contributed by atoms with Gasteiger partial charge in [-0.3, -0.25) is 4.79 Å². The van der Waals surface area contributed by atoms with Gasteiger partial charge in [0.2, 0.25) is 5.91 Å². The van der Waals surface area contributed by atoms with Gasteiger partial charge < -0.3 is 30.4 Å². The third-order valence-electron chi connectivity index (χ3n) is 4.57. The van der Waals surface area contributed by atoms with Gasteiger partial charge in [0.1, 0.15) is 11.6 Å². The first-order chi connectivity index (χ1) is 16.0. The average molecular weight is 485 g/mol. The number of aliphatic carboxylic acids is 1. The Morgan fingerprint density at radius 1 is 1.12 bits per heavy atom. The summed E-state index contributed by atoms with van der Waals surface area (Å²) in [5, 5.41) is 15.1. The second kappa shape index (κ2) is 12.5. The molecule has 1 fully saturated rings. The van der Waals surface area contributed by atoms with Gasteiger partial charge in [-0.2, -0.15) is 13.2 Å². The van der Waals surface area contributed by atoms with Crippen LogP contribution in [0.4, 0.5) is 23.8 Å². The number of furan rings is 1. The van der Waals surface area contributed by atoms with Crippen molar-refractivity contribution in [3.63, 3.8) is 0 Å². The summed E-state index contributed by atoms with van der Waals surface area (Å²) in [6.07, 6.45) is -1.16. The number of halogens is 3. The van der Waals surface area contributed by atoms with Crippen LogP contribution in [0, 0.1) is 6.92 Å². The van der Waals surface area contributed by atoms with E-state index in [4.69, 9.17) is 14.3 Å². The Morgan fingerprint density at radius 3 is 2.38 bits per heavy atom. The van der Waals surface area contributed by atoms with Gasteiger partial charge in [0.25, 0.3) is 0 Å². The van der Waals surface area contributed by atoms with Crippen molar-refractivity contribution in [3.8, 4) is 0 Å². The third-order valence-corrected chi connectivity index (χ3v) is 4.57. The Morgan fingerprint density at radius 2 is 1.79 bits per heavy atom. The van der Waals surface area contributed by atoms with Crippen LogP contribution >= 0.6 is 0 Å². The lowest BCUT2D eigenvalue weighted by molar-refractivity contribution is -0.192. The van der Waals surface area contributed by atoms with E-state index in [9.17, 15) is 22.8 Å². The van der Waals surface area contributed by atoms with Crippen molar-refractivity contribution in [1.82, 2.24) is 20.9 Å². The number of carboxylic acids is 1. The number of carbonyl (C=O) groups excluding carboxylic acids is 2. The second-order valence-corrected chi connectivity index (χ2v) is 7.36. The highest BCUT2D eigenvalue weighted by atomic mass is 19.4. The molecular weight excluding hydrogens is 459 g/mol. The number of alkyl halides is 3. The van der Waals surface area contributed by atoms with E-state index < -0.39 is 18.2 Å². The van der Waals surface area contributed by atoms with Gasteiger partial charge in [0, 0.05) is 25.3 Å². The molecule has 0 aliphatic carbocycles. The van der Waals surface area contributed by atoms with E-state index in [-0.39, 0.29) is 19.0 Å². The lowest BCUT2D eigenvalue weighted by atomic mass is 10.2. The Balaban J connectivity index is 0.000000509. The lowest BCUT2D eigenvalue weighted by Crippen LogP contribution is -2.41. The second-order valence-electron chi connectivity index (χ2n) is 7.36. The molecule has 2 aromatic rings. The van der Waals surface area contributed by atoms with E-state index in [0.29, 0.717) is 12.3 Å². The van der Waals surface area contributed by atoms with E-state index in [2.05, 4.69) is 25.8 Å². The van der Waals surface area contributed by atoms with Crippen molar-refractivity contribution in [2.24, 2.45) is 0 Å². The molecule has 3 rings (SSSR count). The molecule has 2 aromatic heterocycles. The van der Waals surface area contributed by atoms with Crippen LogP contribution < -0.4 is 20.9 Å². The zero-order valence-electron chi connectivity index (χ0n) is 18.4. The number of nitrogens with zero attached hydrogens (tertiary/aromatic N) is 2. The predicted molar refractivity (Wildman–Crippen MR) is 115 cm³/mol. The van der Waals surface area contributed by atoms with Crippen LogP contribution in [-0.2, 0) is 22.7 Å². The number of carbonyl (C=O) groups is 3. The molecule has 1 aliphatic heterocycles. The monoisotopic (exact) mass is 485 g/mol. The SMILES string of the molecule is Cc1cc(CNC(=O)CNC(=O)NCc2ccco2)cc(N2CCCC2)n1.O=C(O)C(F)(F)F. The van der Waals surface area contributed by atoms with Gasteiger partial charge >= 0.3 is 18.2 Å². The number of rotatable bonds is 7. The fourth-order valence-corrected chi connectivity index (χ4v) is 3.00. The number of anilines is 1. The highest BCUT2D eigenvalue weighted by Gasteiger charge is 2.38. The van der Waals surface area contributed by atoms with Gasteiger partial charge in [-0.1, -0.05) is 0 Å². The highest BCUT2D eigenvalue weighted by molar-refractivity contribution is 5.83. The molecule has 1 aliphatic rings. The van der Waals surface area contributed by atoms with Crippen molar-refractivity contribution in [1.29, 1.82) is 0 Å². The molecule has 0 atom stereocenters. The molecule has 10 nitrogen and oxygen atoms in total. The Hall–Kier alpha value is -3.77. The van der Waals surface area contributed by atoms with Gasteiger partial charge in [-0.15, -0.1) is 0 Å². The quantitative estimate of drug-likeness (QED) is 0.472. The summed E-state index contributed by atoms with van der Waals surface area (Å²) < 4.78 is 36.9. The van der Waals surface area contributed by atoms with Gasteiger partial charge in [-0.05, 0) is 49.6 Å². The molecule has 13 heteroatoms. The fraction of sp³-hybridized carbons (Fsp3) is 0.429. The van der Waals surface area contributed by atoms with Crippen molar-refractivity contribution in [2.75, 3.05) is 24.5 Å². The molecular formula is C21H26F3N5O5. The van der Waals surface area contributed by atoms with Crippen molar-refractivity contribution in [3.05, 3.63) is 47.5 Å². The topological polar surface area (TPSA) is 137 Å². The fourth-order valence-electron chi connectivity index (χ4n) is 3.00. The molecule has 0 radical (unpaired) electrons. The Labute approximate surface area is 193 Å². The van der Waals surface area contributed by atoms with E-state index in [0.717, 1.165) is 30.2 Å². The van der Waals surface area contributed by atoms with Gasteiger partial charge in [-0.25, -0.2) is 14.6 Å². The summed E-state index contributed by atoms with van der Waals surface area (Å²) in [6, 6.07) is 7.07. The smallest absolute Gasteiger partial charge is 0.475 e. The van der Waals surface area contributed by atoms with Crippen LogP contribution in [0.5, 0.6) is 0 Å². The maximum absolute atomic E-state index is 12.0. The summed E-state index contributed by atoms with van der Waals surface area (Å²) in [7, 11) is 0. The minimum Gasteiger partial charge on any atom is -0.475 e. The number of carboxylic acid groups (broad SMARTS) is 1. The summed E-state index contributed by atoms with van der Waals surface area (Å²) in [6.45, 7) is 4.59. The summed E-state index contributed by atoms with van der Waals surface area (Å²) in [4.78, 5) is 39.4. The molecule has 4 N–H and O–H groups in total. The average Bonchev–Trinajstić information content (AvgIpc) is 3.48. The summed E-state index contributed by atoms with van der Waals surface area (Å²) in [5.74, 6) is -1.39. The first-order valence-corrected chi connectivity index (χ1v) is 10.4. The van der Waals surface area contributed by atoms with E-state index >= 15 is 0 Å². The van der Waals surface area contributed by atoms with Crippen molar-refractivity contribution in [2.45, 2.75) is 39.0 Å². The van der Waals surface area contributed by atoms with Crippen LogP contribution in [0.15, 0.2) is 34.9 Å². The normalized spacial score (nSPS) is 13.0. The molecule has 186 valence electrons. The maximum atomic E-state index is 12.0. The number of aromatic nitrogens is 1. The molecule has 0 spiro atoms. The molecule has 0 unspecified atom stereocenters. The van der Waals surface area contributed by atoms with Crippen LogP contribution in [0.25, 0.3) is 0 Å². The number of amides is 3. The molecule has 3 amide bonds. The largest absolute Gasteiger partial charge is 0.490 e. The van der Waals surface area contributed by atoms with Crippen LogP contribution in [0.3, 0.4) is 0 Å². The maximum Gasteiger partial charge on any atom is 0.490 e. The predicted octanol–water partition coefficient (Wildman–Crippen LogP) is 2.33. The van der Waals surface area contributed by atoms with Crippen molar-refractivity contribution >= 4 is 23.7 Å². The molecule has 0 bridgehead atoms. The molecule has 0 saturated carbocycles. The van der Waals surface area contributed by atoms with Crippen LogP contribution in [0.1, 0.15) is 29.9 Å². The van der Waals surface area contributed by atoms with Gasteiger partial charge in [0.05, 0.1) is 19.4 Å². The number of urea groups is 1. The third kappa shape index (κ3) is 9.38. The highest BCUT2D eigenvalue weighted by Crippen LogP contribution is 2.20. The van der Waals surface area contributed by atoms with E-state index in [1.165, 1.54) is 19.1 Å². The minimum absolute atomic E-state index is 0.0902. The first-order valence-electron chi connectivity index (χ1n) is 10.4. The Bertz CT molecular complexity index is 960. The zero-order valence-corrected chi connectivity index (χ0v) is 18.4. The number of nitrogens with one attached hydrogen (secondary N) is 3. The summed E-state index contributed by atoms with van der Waals surface area (Å²) in [5.41, 5.74) is 1.93. The summed E-state index contributed by atoms with van der Waals surface area (Å²) >= 11 is 0. The number of pyridine rings is 1. The number of hydrogen-bond donors (Lipinski definition) is 4. The van der Waals surface area contributed by atoms with E-state index in [1.54, 1.807) is 12.1 Å². The Kier molecular flexibility index (Phi) is 9.71. The van der Waals surface area contributed by atoms with Crippen LogP contribution in [0.2, 0.25) is 0 Å².